The second-order valence-corrected chi connectivity index (χ2v) is 6.79. The maximum absolute atomic E-state index is 12.1. The first-order valence-electron chi connectivity index (χ1n) is 6.76. The van der Waals surface area contributed by atoms with E-state index in [-0.39, 0.29) is 5.75 Å². The average molecular weight is 284 g/mol. The first-order valence-corrected chi connectivity index (χ1v) is 8.41. The standard InChI is InChI=1S/C14H24N2O2S/c1-4-10-15-11-12-16(3)13-8-6-7-9-14(13)19(17,18)5-2/h6-9,15H,4-5,10-12H2,1-3H3. The molecule has 0 heterocycles. The van der Waals surface area contributed by atoms with Gasteiger partial charge in [0.25, 0.3) is 0 Å². The van der Waals surface area contributed by atoms with Gasteiger partial charge in [0.05, 0.1) is 16.3 Å². The normalized spacial score (nSPS) is 11.5. The number of nitrogens with zero attached hydrogens (tertiary/aromatic N) is 1. The monoisotopic (exact) mass is 284 g/mol. The van der Waals surface area contributed by atoms with Gasteiger partial charge < -0.3 is 10.2 Å². The second-order valence-electron chi connectivity index (χ2n) is 4.54. The molecule has 4 nitrogen and oxygen atoms in total. The summed E-state index contributed by atoms with van der Waals surface area (Å²) >= 11 is 0. The molecule has 0 aliphatic heterocycles. The van der Waals surface area contributed by atoms with Gasteiger partial charge in [-0.3, -0.25) is 0 Å². The van der Waals surface area contributed by atoms with Crippen LogP contribution in [0.1, 0.15) is 20.3 Å². The minimum atomic E-state index is -3.17. The van der Waals surface area contributed by atoms with Crippen LogP contribution in [0.4, 0.5) is 5.69 Å². The fourth-order valence-corrected chi connectivity index (χ4v) is 3.00. The number of nitrogens with one attached hydrogen (secondary N) is 1. The van der Waals surface area contributed by atoms with Crippen LogP contribution < -0.4 is 10.2 Å². The van der Waals surface area contributed by atoms with Gasteiger partial charge in [-0.15, -0.1) is 0 Å². The van der Waals surface area contributed by atoms with E-state index in [1.54, 1.807) is 19.1 Å². The van der Waals surface area contributed by atoms with Crippen LogP contribution in [0, 0.1) is 0 Å². The number of para-hydroxylation sites is 1. The number of hydrogen-bond acceptors (Lipinski definition) is 4. The lowest BCUT2D eigenvalue weighted by molar-refractivity contribution is 0.596. The molecule has 19 heavy (non-hydrogen) atoms. The van der Waals surface area contributed by atoms with Crippen LogP contribution in [0.2, 0.25) is 0 Å². The van der Waals surface area contributed by atoms with Crippen LogP contribution in [0.15, 0.2) is 29.2 Å². The van der Waals surface area contributed by atoms with E-state index in [1.165, 1.54) is 0 Å². The van der Waals surface area contributed by atoms with Crippen LogP contribution in [-0.4, -0.2) is 40.9 Å². The minimum Gasteiger partial charge on any atom is -0.372 e. The van der Waals surface area contributed by atoms with Crippen molar-refractivity contribution in [2.24, 2.45) is 0 Å². The van der Waals surface area contributed by atoms with Gasteiger partial charge in [0.15, 0.2) is 9.84 Å². The molecule has 0 unspecified atom stereocenters. The Kier molecular flexibility index (Phi) is 6.31. The van der Waals surface area contributed by atoms with Gasteiger partial charge in [0.1, 0.15) is 0 Å². The lowest BCUT2D eigenvalue weighted by Gasteiger charge is -2.22. The molecule has 0 amide bonds. The van der Waals surface area contributed by atoms with Crippen molar-refractivity contribution in [2.75, 3.05) is 37.3 Å². The largest absolute Gasteiger partial charge is 0.372 e. The number of benzene rings is 1. The summed E-state index contributed by atoms with van der Waals surface area (Å²) in [4.78, 5) is 2.42. The van der Waals surface area contributed by atoms with Crippen molar-refractivity contribution in [3.05, 3.63) is 24.3 Å². The molecule has 0 saturated carbocycles. The Morgan fingerprint density at radius 3 is 2.47 bits per heavy atom. The molecule has 5 heteroatoms. The summed E-state index contributed by atoms with van der Waals surface area (Å²) in [6.07, 6.45) is 1.10. The molecule has 0 aliphatic carbocycles. The SMILES string of the molecule is CCCNCCN(C)c1ccccc1S(=O)(=O)CC. The lowest BCUT2D eigenvalue weighted by atomic mass is 10.3. The van der Waals surface area contributed by atoms with E-state index in [0.717, 1.165) is 31.7 Å². The number of sulfone groups is 1. The van der Waals surface area contributed by atoms with Crippen molar-refractivity contribution >= 4 is 15.5 Å². The summed E-state index contributed by atoms with van der Waals surface area (Å²) in [5, 5.41) is 3.32. The zero-order valence-corrected chi connectivity index (χ0v) is 12.8. The Morgan fingerprint density at radius 2 is 1.84 bits per heavy atom. The average Bonchev–Trinajstić information content (AvgIpc) is 2.43. The smallest absolute Gasteiger partial charge is 0.180 e. The molecule has 1 N–H and O–H groups in total. The van der Waals surface area contributed by atoms with E-state index in [2.05, 4.69) is 12.2 Å². The minimum absolute atomic E-state index is 0.131. The first-order chi connectivity index (χ1) is 9.03. The lowest BCUT2D eigenvalue weighted by Crippen LogP contribution is -2.30. The number of anilines is 1. The fraction of sp³-hybridized carbons (Fsp3) is 0.571. The number of hydrogen-bond donors (Lipinski definition) is 1. The highest BCUT2D eigenvalue weighted by Crippen LogP contribution is 2.24. The van der Waals surface area contributed by atoms with Crippen molar-refractivity contribution in [1.29, 1.82) is 0 Å². The third kappa shape index (κ3) is 4.51. The topological polar surface area (TPSA) is 49.4 Å². The van der Waals surface area contributed by atoms with Crippen LogP contribution in [0.25, 0.3) is 0 Å². The molecule has 0 atom stereocenters. The van der Waals surface area contributed by atoms with Crippen molar-refractivity contribution in [1.82, 2.24) is 5.32 Å². The highest BCUT2D eigenvalue weighted by molar-refractivity contribution is 7.91. The van der Waals surface area contributed by atoms with Crippen LogP contribution >= 0.6 is 0 Å². The van der Waals surface area contributed by atoms with Crippen LogP contribution in [0.3, 0.4) is 0 Å². The molecule has 0 aliphatic rings. The summed E-state index contributed by atoms with van der Waals surface area (Å²) in [6.45, 7) is 6.43. The van der Waals surface area contributed by atoms with Crippen LogP contribution in [0.5, 0.6) is 0 Å². The molecular formula is C14H24N2O2S. The highest BCUT2D eigenvalue weighted by Gasteiger charge is 2.17. The summed E-state index contributed by atoms with van der Waals surface area (Å²) in [7, 11) is -1.24. The predicted octanol–water partition coefficient (Wildman–Crippen LogP) is 1.92. The van der Waals surface area contributed by atoms with Crippen molar-refractivity contribution in [2.45, 2.75) is 25.2 Å². The molecule has 0 radical (unpaired) electrons. The molecule has 1 aromatic carbocycles. The molecule has 0 aromatic heterocycles. The second kappa shape index (κ2) is 7.50. The Balaban J connectivity index is 2.83. The van der Waals surface area contributed by atoms with Gasteiger partial charge in [-0.25, -0.2) is 8.42 Å². The van der Waals surface area contributed by atoms with Crippen molar-refractivity contribution in [3.8, 4) is 0 Å². The molecular weight excluding hydrogens is 260 g/mol. The summed E-state index contributed by atoms with van der Waals surface area (Å²) in [6, 6.07) is 7.20. The molecule has 0 fully saturated rings. The number of rotatable bonds is 8. The van der Waals surface area contributed by atoms with E-state index in [1.807, 2.05) is 24.1 Å². The first kappa shape index (κ1) is 16.0. The van der Waals surface area contributed by atoms with E-state index < -0.39 is 9.84 Å². The molecule has 0 spiro atoms. The van der Waals surface area contributed by atoms with Gasteiger partial charge in [-0.1, -0.05) is 26.0 Å². The maximum atomic E-state index is 12.1. The highest BCUT2D eigenvalue weighted by atomic mass is 32.2. The van der Waals surface area contributed by atoms with Crippen molar-refractivity contribution in [3.63, 3.8) is 0 Å². The molecule has 1 rings (SSSR count). The van der Waals surface area contributed by atoms with E-state index in [9.17, 15) is 8.42 Å². The Morgan fingerprint density at radius 1 is 1.16 bits per heavy atom. The van der Waals surface area contributed by atoms with Gasteiger partial charge in [0.2, 0.25) is 0 Å². The molecule has 0 saturated heterocycles. The predicted molar refractivity (Wildman–Crippen MR) is 80.6 cm³/mol. The third-order valence-corrected chi connectivity index (χ3v) is 4.82. The fourth-order valence-electron chi connectivity index (χ4n) is 1.86. The molecule has 0 bridgehead atoms. The van der Waals surface area contributed by atoms with Gasteiger partial charge in [0, 0.05) is 20.1 Å². The van der Waals surface area contributed by atoms with E-state index in [4.69, 9.17) is 0 Å². The van der Waals surface area contributed by atoms with Crippen molar-refractivity contribution < 1.29 is 8.42 Å². The summed E-state index contributed by atoms with van der Waals surface area (Å²) in [5.74, 6) is 0.131. The Labute approximate surface area is 116 Å². The molecule has 1 aromatic rings. The number of likely N-dealkylation sites (N-methyl/N-ethyl adjacent to an activating group) is 1. The quantitative estimate of drug-likeness (QED) is 0.741. The molecule has 108 valence electrons. The Hall–Kier alpha value is -1.07. The zero-order valence-electron chi connectivity index (χ0n) is 12.0. The van der Waals surface area contributed by atoms with Gasteiger partial charge in [-0.2, -0.15) is 0 Å². The maximum Gasteiger partial charge on any atom is 0.180 e. The Bertz CT molecular complexity index is 486. The summed E-state index contributed by atoms with van der Waals surface area (Å²) in [5.41, 5.74) is 0.780. The zero-order chi connectivity index (χ0) is 14.3. The summed E-state index contributed by atoms with van der Waals surface area (Å²) < 4.78 is 24.1. The van der Waals surface area contributed by atoms with E-state index >= 15 is 0 Å². The van der Waals surface area contributed by atoms with Gasteiger partial charge in [-0.05, 0) is 25.1 Å². The van der Waals surface area contributed by atoms with E-state index in [0.29, 0.717) is 4.90 Å². The van der Waals surface area contributed by atoms with Crippen LogP contribution in [-0.2, 0) is 9.84 Å². The third-order valence-electron chi connectivity index (χ3n) is 3.04. The van der Waals surface area contributed by atoms with Gasteiger partial charge >= 0.3 is 0 Å².